The minimum atomic E-state index is -0.633. The Morgan fingerprint density at radius 3 is 2.76 bits per heavy atom. The van der Waals surface area contributed by atoms with Gasteiger partial charge in [-0.15, -0.1) is 0 Å². The van der Waals surface area contributed by atoms with Crippen molar-refractivity contribution in [3.05, 3.63) is 64.5 Å². The molecule has 0 aliphatic carbocycles. The zero-order chi connectivity index (χ0) is 14.8. The molecule has 0 bridgehead atoms. The average Bonchev–Trinajstić information content (AvgIpc) is 2.93. The number of primary amides is 1. The lowest BCUT2D eigenvalue weighted by Gasteiger charge is -2.09. The minimum Gasteiger partial charge on any atom is -0.379 e. The number of anilines is 1. The van der Waals surface area contributed by atoms with Gasteiger partial charge in [-0.25, -0.2) is 4.39 Å². The molecule has 0 saturated carbocycles. The number of carbonyl (C=O) groups excluding carboxylic acids is 1. The first kappa shape index (κ1) is 13.6. The Kier molecular flexibility index (Phi) is 3.58. The SMILES string of the molecule is NC(=O)c1ccc(NCc2ccc3c(c2)CNC3)c(F)c1. The number of amides is 1. The largest absolute Gasteiger partial charge is 0.379 e. The molecule has 1 amide bonds. The van der Waals surface area contributed by atoms with Crippen molar-refractivity contribution < 1.29 is 9.18 Å². The number of rotatable bonds is 4. The first-order valence-corrected chi connectivity index (χ1v) is 6.78. The van der Waals surface area contributed by atoms with Gasteiger partial charge in [0.25, 0.3) is 0 Å². The number of hydrogen-bond acceptors (Lipinski definition) is 3. The van der Waals surface area contributed by atoms with Gasteiger partial charge in [-0.1, -0.05) is 18.2 Å². The first-order valence-electron chi connectivity index (χ1n) is 6.78. The third-order valence-electron chi connectivity index (χ3n) is 3.64. The van der Waals surface area contributed by atoms with Gasteiger partial charge in [0.2, 0.25) is 5.91 Å². The normalized spacial score (nSPS) is 13.0. The van der Waals surface area contributed by atoms with Crippen LogP contribution >= 0.6 is 0 Å². The third kappa shape index (κ3) is 2.87. The summed E-state index contributed by atoms with van der Waals surface area (Å²) in [4.78, 5) is 11.0. The lowest BCUT2D eigenvalue weighted by Crippen LogP contribution is -2.11. The fraction of sp³-hybridized carbons (Fsp3) is 0.188. The summed E-state index contributed by atoms with van der Waals surface area (Å²) >= 11 is 0. The number of fused-ring (bicyclic) bond motifs is 1. The van der Waals surface area contributed by atoms with Gasteiger partial charge in [0.15, 0.2) is 0 Å². The van der Waals surface area contributed by atoms with Crippen LogP contribution in [0.15, 0.2) is 36.4 Å². The highest BCUT2D eigenvalue weighted by Gasteiger charge is 2.10. The van der Waals surface area contributed by atoms with Gasteiger partial charge in [0.1, 0.15) is 5.82 Å². The van der Waals surface area contributed by atoms with Crippen LogP contribution in [-0.4, -0.2) is 5.91 Å². The highest BCUT2D eigenvalue weighted by atomic mass is 19.1. The van der Waals surface area contributed by atoms with E-state index in [0.29, 0.717) is 12.2 Å². The Morgan fingerprint density at radius 2 is 2.00 bits per heavy atom. The van der Waals surface area contributed by atoms with E-state index in [1.165, 1.54) is 23.3 Å². The second-order valence-corrected chi connectivity index (χ2v) is 5.12. The highest BCUT2D eigenvalue weighted by Crippen LogP contribution is 2.20. The summed E-state index contributed by atoms with van der Waals surface area (Å²) in [5, 5.41) is 6.33. The van der Waals surface area contributed by atoms with Crippen molar-refractivity contribution in [3.63, 3.8) is 0 Å². The maximum absolute atomic E-state index is 13.9. The molecule has 1 aliphatic rings. The predicted molar refractivity (Wildman–Crippen MR) is 79.2 cm³/mol. The second-order valence-electron chi connectivity index (χ2n) is 5.12. The molecule has 21 heavy (non-hydrogen) atoms. The van der Waals surface area contributed by atoms with Crippen molar-refractivity contribution >= 4 is 11.6 Å². The molecule has 0 fully saturated rings. The van der Waals surface area contributed by atoms with Crippen molar-refractivity contribution in [3.8, 4) is 0 Å². The van der Waals surface area contributed by atoms with E-state index >= 15 is 0 Å². The molecule has 0 unspecified atom stereocenters. The van der Waals surface area contributed by atoms with Crippen LogP contribution in [0.4, 0.5) is 10.1 Å². The Bertz CT molecular complexity index is 700. The molecule has 3 rings (SSSR count). The van der Waals surface area contributed by atoms with Crippen LogP contribution in [0.25, 0.3) is 0 Å². The summed E-state index contributed by atoms with van der Waals surface area (Å²) in [5.74, 6) is -1.11. The fourth-order valence-corrected chi connectivity index (χ4v) is 2.47. The molecule has 4 N–H and O–H groups in total. The van der Waals surface area contributed by atoms with Gasteiger partial charge in [-0.3, -0.25) is 4.79 Å². The van der Waals surface area contributed by atoms with E-state index in [9.17, 15) is 9.18 Å². The molecule has 0 atom stereocenters. The molecule has 2 aromatic carbocycles. The van der Waals surface area contributed by atoms with Crippen LogP contribution in [-0.2, 0) is 19.6 Å². The molecule has 1 heterocycles. The monoisotopic (exact) mass is 285 g/mol. The number of carbonyl (C=O) groups is 1. The van der Waals surface area contributed by atoms with Crippen molar-refractivity contribution in [1.29, 1.82) is 0 Å². The number of hydrogen-bond donors (Lipinski definition) is 3. The average molecular weight is 285 g/mol. The Balaban J connectivity index is 1.71. The van der Waals surface area contributed by atoms with Crippen molar-refractivity contribution in [2.45, 2.75) is 19.6 Å². The lowest BCUT2D eigenvalue weighted by atomic mass is 10.1. The molecule has 4 nitrogen and oxygen atoms in total. The van der Waals surface area contributed by atoms with Gasteiger partial charge in [-0.05, 0) is 34.9 Å². The van der Waals surface area contributed by atoms with Crippen LogP contribution in [0.3, 0.4) is 0 Å². The topological polar surface area (TPSA) is 67.2 Å². The molecule has 2 aromatic rings. The summed E-state index contributed by atoms with van der Waals surface area (Å²) in [6.45, 7) is 2.32. The smallest absolute Gasteiger partial charge is 0.248 e. The number of benzene rings is 2. The zero-order valence-corrected chi connectivity index (χ0v) is 11.4. The molecule has 1 aliphatic heterocycles. The van der Waals surface area contributed by atoms with Crippen LogP contribution in [0.2, 0.25) is 0 Å². The summed E-state index contributed by atoms with van der Waals surface area (Å²) in [7, 11) is 0. The zero-order valence-electron chi connectivity index (χ0n) is 11.4. The van der Waals surface area contributed by atoms with E-state index in [1.807, 2.05) is 6.07 Å². The maximum atomic E-state index is 13.9. The van der Waals surface area contributed by atoms with E-state index in [-0.39, 0.29) is 5.56 Å². The first-order chi connectivity index (χ1) is 10.1. The van der Waals surface area contributed by atoms with E-state index in [0.717, 1.165) is 24.7 Å². The number of nitrogens with one attached hydrogen (secondary N) is 2. The van der Waals surface area contributed by atoms with E-state index in [2.05, 4.69) is 22.8 Å². The fourth-order valence-electron chi connectivity index (χ4n) is 2.47. The van der Waals surface area contributed by atoms with Gasteiger partial charge in [0.05, 0.1) is 5.69 Å². The maximum Gasteiger partial charge on any atom is 0.248 e. The van der Waals surface area contributed by atoms with Crippen molar-refractivity contribution in [2.24, 2.45) is 5.73 Å². The third-order valence-corrected chi connectivity index (χ3v) is 3.64. The van der Waals surface area contributed by atoms with Crippen LogP contribution < -0.4 is 16.4 Å². The molecule has 108 valence electrons. The molecule has 0 spiro atoms. The number of halogens is 1. The summed E-state index contributed by atoms with van der Waals surface area (Å²) in [5.41, 5.74) is 9.35. The van der Waals surface area contributed by atoms with Crippen molar-refractivity contribution in [1.82, 2.24) is 5.32 Å². The molecule has 0 radical (unpaired) electrons. The Morgan fingerprint density at radius 1 is 1.19 bits per heavy atom. The van der Waals surface area contributed by atoms with Crippen LogP contribution in [0, 0.1) is 5.82 Å². The van der Waals surface area contributed by atoms with Crippen LogP contribution in [0.5, 0.6) is 0 Å². The molecular formula is C16H16FN3O. The highest BCUT2D eigenvalue weighted by molar-refractivity contribution is 5.93. The standard InChI is InChI=1S/C16H16FN3O/c17-14-6-11(16(18)21)3-4-15(14)20-7-10-1-2-12-8-19-9-13(12)5-10/h1-6,19-20H,7-9H2,(H2,18,21). The van der Waals surface area contributed by atoms with Crippen LogP contribution in [0.1, 0.15) is 27.0 Å². The predicted octanol–water partition coefficient (Wildman–Crippen LogP) is 2.14. The van der Waals surface area contributed by atoms with E-state index in [4.69, 9.17) is 5.73 Å². The summed E-state index contributed by atoms with van der Waals surface area (Å²) < 4.78 is 13.9. The van der Waals surface area contributed by atoms with Gasteiger partial charge in [-0.2, -0.15) is 0 Å². The summed E-state index contributed by atoms with van der Waals surface area (Å²) in [6.07, 6.45) is 0. The van der Waals surface area contributed by atoms with Crippen molar-refractivity contribution in [2.75, 3.05) is 5.32 Å². The molecule has 0 saturated heterocycles. The summed E-state index contributed by atoms with van der Waals surface area (Å²) in [6, 6.07) is 10.5. The van der Waals surface area contributed by atoms with Gasteiger partial charge in [0, 0.05) is 25.2 Å². The Hall–Kier alpha value is -2.40. The Labute approximate surface area is 122 Å². The lowest BCUT2D eigenvalue weighted by molar-refractivity contribution is 0.1000. The minimum absolute atomic E-state index is 0.168. The van der Waals surface area contributed by atoms with Gasteiger partial charge < -0.3 is 16.4 Å². The molecule has 5 heteroatoms. The second kappa shape index (κ2) is 5.54. The molecular weight excluding hydrogens is 269 g/mol. The van der Waals surface area contributed by atoms with Gasteiger partial charge >= 0.3 is 0 Å². The van der Waals surface area contributed by atoms with E-state index in [1.54, 1.807) is 0 Å². The quantitative estimate of drug-likeness (QED) is 0.806. The number of nitrogens with two attached hydrogens (primary N) is 1. The molecule has 0 aromatic heterocycles. The van der Waals surface area contributed by atoms with E-state index < -0.39 is 11.7 Å².